The van der Waals surface area contributed by atoms with E-state index in [4.69, 9.17) is 0 Å². The monoisotopic (exact) mass is 499 g/mol. The van der Waals surface area contributed by atoms with Crippen LogP contribution >= 0.6 is 12.2 Å². The summed E-state index contributed by atoms with van der Waals surface area (Å²) in [7, 11) is -14.8. The van der Waals surface area contributed by atoms with Crippen molar-refractivity contribution < 1.29 is 38.9 Å². The van der Waals surface area contributed by atoms with Gasteiger partial charge in [-0.25, -0.2) is 0 Å². The first-order valence-electron chi connectivity index (χ1n) is 8.04. The molecule has 3 N–H and O–H groups in total. The SMILES string of the molecule is O=S(=O)(O)c1c(N=C=S)cc2ccc3c(S(=O)(=O)O)cc(S(=O)(=O)O)c4ccc1c2c34. The molecule has 0 aliphatic heterocycles. The van der Waals surface area contributed by atoms with Crippen LogP contribution in [0, 0.1) is 0 Å². The van der Waals surface area contributed by atoms with Gasteiger partial charge >= 0.3 is 0 Å². The van der Waals surface area contributed by atoms with E-state index in [1.165, 1.54) is 24.3 Å². The summed E-state index contributed by atoms with van der Waals surface area (Å²) >= 11 is 4.52. The number of hydrogen-bond acceptors (Lipinski definition) is 8. The van der Waals surface area contributed by atoms with Crippen molar-refractivity contribution in [3.8, 4) is 0 Å². The van der Waals surface area contributed by atoms with Crippen LogP contribution < -0.4 is 0 Å². The maximum atomic E-state index is 12.1. The van der Waals surface area contributed by atoms with Gasteiger partial charge in [0.05, 0.1) is 10.8 Å². The van der Waals surface area contributed by atoms with Crippen molar-refractivity contribution >= 4 is 85.7 Å². The van der Waals surface area contributed by atoms with Gasteiger partial charge in [-0.3, -0.25) is 13.7 Å². The van der Waals surface area contributed by atoms with Gasteiger partial charge < -0.3 is 0 Å². The second-order valence-electron chi connectivity index (χ2n) is 6.47. The molecule has 0 unspecified atom stereocenters. The van der Waals surface area contributed by atoms with Crippen molar-refractivity contribution in [3.63, 3.8) is 0 Å². The lowest BCUT2D eigenvalue weighted by Crippen LogP contribution is -2.06. The van der Waals surface area contributed by atoms with Crippen LogP contribution in [0.2, 0.25) is 0 Å². The van der Waals surface area contributed by atoms with Crippen LogP contribution in [0.25, 0.3) is 32.3 Å². The lowest BCUT2D eigenvalue weighted by Gasteiger charge is -2.17. The highest BCUT2D eigenvalue weighted by Crippen LogP contribution is 2.44. The minimum Gasteiger partial charge on any atom is -0.282 e. The molecule has 0 radical (unpaired) electrons. The van der Waals surface area contributed by atoms with Gasteiger partial charge in [0.2, 0.25) is 0 Å². The predicted molar refractivity (Wildman–Crippen MR) is 114 cm³/mol. The molecule has 0 heterocycles. The van der Waals surface area contributed by atoms with Crippen molar-refractivity contribution in [3.05, 3.63) is 36.4 Å². The van der Waals surface area contributed by atoms with Gasteiger partial charge in [0.15, 0.2) is 0 Å². The Hall–Kier alpha value is -2.55. The second-order valence-corrected chi connectivity index (χ2v) is 10.8. The molecular weight excluding hydrogens is 490 g/mol. The number of nitrogens with zero attached hydrogens (tertiary/aromatic N) is 1. The van der Waals surface area contributed by atoms with E-state index in [1.54, 1.807) is 0 Å². The molecular formula is C17H9NO9S4. The van der Waals surface area contributed by atoms with E-state index >= 15 is 0 Å². The van der Waals surface area contributed by atoms with Gasteiger partial charge in [0.1, 0.15) is 14.7 Å². The van der Waals surface area contributed by atoms with Crippen LogP contribution in [0.3, 0.4) is 0 Å². The second kappa shape index (κ2) is 6.72. The quantitative estimate of drug-likeness (QED) is 0.164. The number of hydrogen-bond donors (Lipinski definition) is 3. The van der Waals surface area contributed by atoms with Crippen LogP contribution in [0.1, 0.15) is 0 Å². The van der Waals surface area contributed by atoms with Gasteiger partial charge in [-0.15, -0.1) is 0 Å². The fraction of sp³-hybridized carbons (Fsp3) is 0. The molecule has 4 aromatic rings. The van der Waals surface area contributed by atoms with E-state index in [9.17, 15) is 38.9 Å². The lowest BCUT2D eigenvalue weighted by atomic mass is 9.93. The van der Waals surface area contributed by atoms with Crippen molar-refractivity contribution in [1.29, 1.82) is 0 Å². The molecule has 0 saturated carbocycles. The summed E-state index contributed by atoms with van der Waals surface area (Å²) in [6.07, 6.45) is 0. The zero-order valence-corrected chi connectivity index (χ0v) is 18.1. The predicted octanol–water partition coefficient (Wildman–Crippen LogP) is 3.06. The number of aliphatic imine (C=N–C) groups is 1. The fourth-order valence-corrected chi connectivity index (χ4v) is 6.12. The zero-order chi connectivity index (χ0) is 22.9. The molecule has 10 nitrogen and oxygen atoms in total. The van der Waals surface area contributed by atoms with E-state index in [2.05, 4.69) is 17.2 Å². The van der Waals surface area contributed by atoms with Crippen LogP contribution in [-0.2, 0) is 30.4 Å². The van der Waals surface area contributed by atoms with E-state index < -0.39 is 45.0 Å². The number of isothiocyanates is 1. The summed E-state index contributed by atoms with van der Waals surface area (Å²) in [5, 5.41) is 1.91. The Labute approximate surface area is 180 Å². The minimum absolute atomic E-state index is 0.0568. The summed E-state index contributed by atoms with van der Waals surface area (Å²) in [5.41, 5.74) is -0.242. The van der Waals surface area contributed by atoms with Gasteiger partial charge in [-0.1, -0.05) is 24.3 Å². The summed E-state index contributed by atoms with van der Waals surface area (Å²) < 4.78 is 101. The Bertz CT molecular complexity index is 1750. The standard InChI is InChI=1S/C17H9NO9S4/c19-29(20,21)13-6-14(30(22,23)24)10-3-4-11-15-8(1-2-9(13)16(10)15)5-12(18-7-28)17(11)31(25,26)27/h1-6H,(H,19,20,21)(H,22,23,24)(H,25,26,27). The molecule has 0 aromatic heterocycles. The summed E-state index contributed by atoms with van der Waals surface area (Å²) in [4.78, 5) is 1.39. The van der Waals surface area contributed by atoms with Crippen molar-refractivity contribution in [2.75, 3.05) is 0 Å². The average Bonchev–Trinajstić information content (AvgIpc) is 2.62. The molecule has 0 saturated heterocycles. The van der Waals surface area contributed by atoms with Crippen molar-refractivity contribution in [2.24, 2.45) is 4.99 Å². The van der Waals surface area contributed by atoms with Crippen LogP contribution in [0.4, 0.5) is 5.69 Å². The maximum Gasteiger partial charge on any atom is 0.297 e. The largest absolute Gasteiger partial charge is 0.297 e. The fourth-order valence-electron chi connectivity index (χ4n) is 3.70. The highest BCUT2D eigenvalue weighted by Gasteiger charge is 2.28. The Morgan fingerprint density at radius 1 is 0.710 bits per heavy atom. The Morgan fingerprint density at radius 3 is 1.71 bits per heavy atom. The number of thiocarbonyl (C=S) groups is 1. The van der Waals surface area contributed by atoms with E-state index in [1.807, 2.05) is 5.16 Å². The Balaban J connectivity index is 2.45. The maximum absolute atomic E-state index is 12.1. The summed E-state index contributed by atoms with van der Waals surface area (Å²) in [6, 6.07) is 6.83. The van der Waals surface area contributed by atoms with Crippen LogP contribution in [0.15, 0.2) is 56.1 Å². The van der Waals surface area contributed by atoms with E-state index in [0.29, 0.717) is 11.5 Å². The molecule has 0 fully saturated rings. The zero-order valence-electron chi connectivity index (χ0n) is 14.8. The van der Waals surface area contributed by atoms with Crippen LogP contribution in [0.5, 0.6) is 0 Å². The van der Waals surface area contributed by atoms with E-state index in [0.717, 1.165) is 6.07 Å². The van der Waals surface area contributed by atoms with Crippen LogP contribution in [-0.4, -0.2) is 44.1 Å². The molecule has 0 atom stereocenters. The summed E-state index contributed by atoms with van der Waals surface area (Å²) in [5.74, 6) is 0. The number of rotatable bonds is 4. The molecule has 0 amide bonds. The highest BCUT2D eigenvalue weighted by atomic mass is 32.2. The molecule has 0 spiro atoms. The molecule has 0 aliphatic rings. The third-order valence-corrected chi connectivity index (χ3v) is 7.56. The first kappa shape index (κ1) is 21.7. The Kier molecular flexibility index (Phi) is 4.70. The van der Waals surface area contributed by atoms with Gasteiger partial charge in [-0.2, -0.15) is 30.2 Å². The Morgan fingerprint density at radius 2 is 1.23 bits per heavy atom. The molecule has 0 aliphatic carbocycles. The van der Waals surface area contributed by atoms with Gasteiger partial charge in [0, 0.05) is 21.5 Å². The normalized spacial score (nSPS) is 13.1. The average molecular weight is 500 g/mol. The third-order valence-electron chi connectivity index (χ3n) is 4.74. The lowest BCUT2D eigenvalue weighted by molar-refractivity contribution is 0.480. The third kappa shape index (κ3) is 3.39. The topological polar surface area (TPSA) is 175 Å². The smallest absolute Gasteiger partial charge is 0.282 e. The molecule has 160 valence electrons. The first-order chi connectivity index (χ1) is 14.2. The van der Waals surface area contributed by atoms with Crippen molar-refractivity contribution in [2.45, 2.75) is 14.7 Å². The van der Waals surface area contributed by atoms with Gasteiger partial charge in [-0.05, 0) is 35.1 Å². The molecule has 14 heteroatoms. The summed E-state index contributed by atoms with van der Waals surface area (Å²) in [6.45, 7) is 0. The van der Waals surface area contributed by atoms with E-state index in [-0.39, 0.29) is 32.6 Å². The number of benzene rings is 4. The van der Waals surface area contributed by atoms with Crippen molar-refractivity contribution in [1.82, 2.24) is 0 Å². The van der Waals surface area contributed by atoms with Gasteiger partial charge in [0.25, 0.3) is 30.4 Å². The molecule has 4 rings (SSSR count). The minimum atomic E-state index is -4.95. The molecule has 31 heavy (non-hydrogen) atoms. The molecule has 0 bridgehead atoms. The highest BCUT2D eigenvalue weighted by molar-refractivity contribution is 7.87. The first-order valence-corrected chi connectivity index (χ1v) is 12.8. The molecule has 4 aromatic carbocycles.